The molecule has 1 saturated heterocycles. The molecule has 7 atom stereocenters. The van der Waals surface area contributed by atoms with Gasteiger partial charge in [-0.1, -0.05) is 45.0 Å². The zero-order valence-corrected chi connectivity index (χ0v) is 31.2. The summed E-state index contributed by atoms with van der Waals surface area (Å²) < 4.78 is 59.9. The molecule has 2 aromatic carbocycles. The molecule has 12 nitrogen and oxygen atoms in total. The Bertz CT molecular complexity index is 2010. The van der Waals surface area contributed by atoms with E-state index in [9.17, 15) is 27.6 Å². The molecule has 2 aliphatic heterocycles. The number of para-hydroxylation sites is 2. The number of urea groups is 1. The van der Waals surface area contributed by atoms with Crippen LogP contribution in [-0.4, -0.2) is 53.4 Å². The van der Waals surface area contributed by atoms with Crippen LogP contribution in [0.5, 0.6) is 5.75 Å². The van der Waals surface area contributed by atoms with Crippen molar-refractivity contribution in [3.63, 3.8) is 0 Å². The number of benzene rings is 2. The number of aromatic nitrogens is 2. The Kier molecular flexibility index (Phi) is 9.52. The Balaban J connectivity index is 1.15. The molecule has 8 rings (SSSR count). The van der Waals surface area contributed by atoms with Crippen LogP contribution in [0.3, 0.4) is 0 Å². The number of nitrogens with one attached hydrogen (secondary N) is 4. The summed E-state index contributed by atoms with van der Waals surface area (Å²) in [4.78, 5) is 46.5. The van der Waals surface area contributed by atoms with Crippen LogP contribution in [-0.2, 0) is 32.4 Å². The van der Waals surface area contributed by atoms with Crippen molar-refractivity contribution >= 4 is 30.4 Å². The third kappa shape index (κ3) is 6.61. The van der Waals surface area contributed by atoms with Crippen molar-refractivity contribution in [1.82, 2.24) is 20.2 Å². The summed E-state index contributed by atoms with van der Waals surface area (Å²) in [5.41, 5.74) is -2.38. The number of carbonyl (C=O) groups is 2. The Morgan fingerprint density at radius 2 is 1.85 bits per heavy atom. The number of fused-ring (bicyclic) bond motifs is 1. The molecule has 3 aliphatic carbocycles. The lowest BCUT2D eigenvalue weighted by Gasteiger charge is -2.63. The van der Waals surface area contributed by atoms with E-state index in [0.29, 0.717) is 35.3 Å². The van der Waals surface area contributed by atoms with Crippen molar-refractivity contribution in [1.29, 1.82) is 0 Å². The van der Waals surface area contributed by atoms with E-state index >= 15 is 0 Å². The number of hydrogen-bond donors (Lipinski definition) is 4. The summed E-state index contributed by atoms with van der Waals surface area (Å²) in [6.45, 7) is 10.1. The van der Waals surface area contributed by atoms with Crippen molar-refractivity contribution in [3.8, 4) is 5.75 Å². The fourth-order valence-corrected chi connectivity index (χ4v) is 8.94. The normalized spacial score (nSPS) is 28.3. The number of amides is 3. The van der Waals surface area contributed by atoms with Gasteiger partial charge in [0.1, 0.15) is 23.3 Å². The molecule has 54 heavy (non-hydrogen) atoms. The van der Waals surface area contributed by atoms with E-state index in [-0.39, 0.29) is 36.0 Å². The van der Waals surface area contributed by atoms with E-state index in [1.165, 1.54) is 30.0 Å². The zero-order chi connectivity index (χ0) is 38.8. The van der Waals surface area contributed by atoms with Gasteiger partial charge < -0.3 is 35.3 Å². The van der Waals surface area contributed by atoms with Gasteiger partial charge in [0.05, 0.1) is 47.7 Å². The predicted octanol–water partition coefficient (Wildman–Crippen LogP) is 6.03. The number of halogens is 3. The van der Waals surface area contributed by atoms with Crippen LogP contribution in [0, 0.1) is 17.3 Å². The molecule has 1 aromatic heterocycles. The van der Waals surface area contributed by atoms with Gasteiger partial charge in [0, 0.05) is 13.0 Å². The number of carbonyl (C=O) groups excluding carboxylic acids is 2. The summed E-state index contributed by atoms with van der Waals surface area (Å²) in [5.74, 6) is 0.426. The van der Waals surface area contributed by atoms with E-state index in [2.05, 4.69) is 47.0 Å². The van der Waals surface area contributed by atoms with Gasteiger partial charge in [-0.3, -0.25) is 14.2 Å². The van der Waals surface area contributed by atoms with Gasteiger partial charge in [0.15, 0.2) is 0 Å². The van der Waals surface area contributed by atoms with Crippen molar-refractivity contribution in [2.45, 2.75) is 102 Å². The summed E-state index contributed by atoms with van der Waals surface area (Å²) in [7, 11) is 0.782. The predicted molar refractivity (Wildman–Crippen MR) is 196 cm³/mol. The molecule has 0 spiro atoms. The SMILES string of the molecule is CC[C@H](NC(=O)[C@@H]1C[C@@](C)(NC(=O)Nc2ccccc2OC)c2ncc(NCc3cccc(C(F)(F)F)c3)c(=O)n21)B1OC2C3CC(C[C@]2(C)O1)C3(C)C. The van der Waals surface area contributed by atoms with Gasteiger partial charge in [-0.25, -0.2) is 9.78 Å². The van der Waals surface area contributed by atoms with E-state index in [0.717, 1.165) is 25.0 Å². The lowest BCUT2D eigenvalue weighted by Crippen LogP contribution is -2.63. The quantitative estimate of drug-likeness (QED) is 0.184. The van der Waals surface area contributed by atoms with Gasteiger partial charge in [-0.05, 0) is 80.2 Å². The summed E-state index contributed by atoms with van der Waals surface area (Å²) in [6.07, 6.45) is -0.954. The standard InChI is InChI=1S/C38H46BF3N6O6/c1-7-29(39-53-30-24-16-23(35(24,2)3)17-37(30,5)54-39)46-31(49)27-18-36(4,47-34(51)45-25-13-8-9-14-28(25)52-6)33-44-20-26(32(50)48(27)33)43-19-21-11-10-12-22(15-21)38(40,41)42/h8-15,20,23-24,27,29-30,43H,7,16-19H2,1-6H3,(H,46,49)(H2,45,47,51)/t23?,24?,27-,29-,30?,36+,37-/m0/s1. The summed E-state index contributed by atoms with van der Waals surface area (Å²) in [6, 6.07) is 9.90. The monoisotopic (exact) mass is 750 g/mol. The molecule has 4 N–H and O–H groups in total. The molecule has 3 amide bonds. The second-order valence-electron chi connectivity index (χ2n) is 16.0. The first-order chi connectivity index (χ1) is 25.5. The maximum absolute atomic E-state index is 14.3. The van der Waals surface area contributed by atoms with Crippen molar-refractivity contribution in [2.24, 2.45) is 17.3 Å². The highest BCUT2D eigenvalue weighted by Gasteiger charge is 2.67. The van der Waals surface area contributed by atoms with Crippen LogP contribution in [0.15, 0.2) is 59.5 Å². The molecular formula is C38H46BF3N6O6. The summed E-state index contributed by atoms with van der Waals surface area (Å²) in [5, 5.41) is 11.7. The number of rotatable bonds is 10. The highest BCUT2D eigenvalue weighted by atomic mass is 19.4. The molecule has 0 radical (unpaired) electrons. The van der Waals surface area contributed by atoms with Crippen LogP contribution >= 0.6 is 0 Å². The second kappa shape index (κ2) is 13.6. The third-order valence-electron chi connectivity index (χ3n) is 12.1. The molecule has 5 aliphatic rings. The molecule has 16 heteroatoms. The number of methoxy groups -OCH3 is 1. The maximum atomic E-state index is 14.3. The minimum absolute atomic E-state index is 0.0233. The highest BCUT2D eigenvalue weighted by molar-refractivity contribution is 6.47. The van der Waals surface area contributed by atoms with Crippen molar-refractivity contribution < 1.29 is 36.8 Å². The smallest absolute Gasteiger partial charge is 0.481 e. The van der Waals surface area contributed by atoms with Crippen LogP contribution in [0.2, 0.25) is 0 Å². The largest absolute Gasteiger partial charge is 0.495 e. The van der Waals surface area contributed by atoms with Gasteiger partial charge in [0.25, 0.3) is 5.56 Å². The average Bonchev–Trinajstić information content (AvgIpc) is 3.64. The lowest BCUT2D eigenvalue weighted by atomic mass is 9.45. The molecule has 3 unspecified atom stereocenters. The topological polar surface area (TPSA) is 145 Å². The van der Waals surface area contributed by atoms with Crippen LogP contribution in [0.1, 0.15) is 83.3 Å². The van der Waals surface area contributed by atoms with Gasteiger partial charge in [-0.15, -0.1) is 0 Å². The minimum atomic E-state index is -4.53. The Morgan fingerprint density at radius 3 is 2.56 bits per heavy atom. The first kappa shape index (κ1) is 37.7. The van der Waals surface area contributed by atoms with Crippen LogP contribution < -0.4 is 31.6 Å². The van der Waals surface area contributed by atoms with E-state index < -0.39 is 59.5 Å². The average molecular weight is 751 g/mol. The number of anilines is 2. The second-order valence-corrected chi connectivity index (χ2v) is 16.0. The molecule has 2 bridgehead atoms. The number of hydrogen-bond acceptors (Lipinski definition) is 8. The zero-order valence-electron chi connectivity index (χ0n) is 31.2. The van der Waals surface area contributed by atoms with Gasteiger partial charge >= 0.3 is 19.3 Å². The van der Waals surface area contributed by atoms with E-state index in [1.54, 1.807) is 31.2 Å². The van der Waals surface area contributed by atoms with E-state index in [1.807, 2.05) is 6.92 Å². The fourth-order valence-electron chi connectivity index (χ4n) is 8.94. The Morgan fingerprint density at radius 1 is 1.09 bits per heavy atom. The third-order valence-corrected chi connectivity index (χ3v) is 12.1. The number of nitrogens with zero attached hydrogens (tertiary/aromatic N) is 2. The lowest BCUT2D eigenvalue weighted by molar-refractivity contribution is -0.185. The minimum Gasteiger partial charge on any atom is -0.495 e. The van der Waals surface area contributed by atoms with E-state index in [4.69, 9.17) is 14.0 Å². The Hall–Kier alpha value is -4.57. The molecule has 4 fully saturated rings. The van der Waals surface area contributed by atoms with Crippen molar-refractivity contribution in [3.05, 3.63) is 82.0 Å². The number of alkyl halides is 3. The molecule has 3 aromatic rings. The molecular weight excluding hydrogens is 704 g/mol. The molecule has 3 heterocycles. The van der Waals surface area contributed by atoms with Crippen LogP contribution in [0.25, 0.3) is 0 Å². The highest BCUT2D eigenvalue weighted by Crippen LogP contribution is 2.64. The van der Waals surface area contributed by atoms with Crippen LogP contribution in [0.4, 0.5) is 29.3 Å². The molecule has 288 valence electrons. The van der Waals surface area contributed by atoms with Gasteiger partial charge in [0.2, 0.25) is 5.91 Å². The first-order valence-electron chi connectivity index (χ1n) is 18.4. The van der Waals surface area contributed by atoms with Crippen molar-refractivity contribution in [2.75, 3.05) is 17.7 Å². The maximum Gasteiger partial charge on any atom is 0.481 e. The fraction of sp³-hybridized carbons (Fsp3) is 0.526. The number of ether oxygens (including phenoxy) is 1. The Labute approximate surface area is 312 Å². The van der Waals surface area contributed by atoms with Gasteiger partial charge in [-0.2, -0.15) is 13.2 Å². The summed E-state index contributed by atoms with van der Waals surface area (Å²) >= 11 is 0. The molecule has 3 saturated carbocycles. The first-order valence-corrected chi connectivity index (χ1v) is 18.4.